The number of carbonyl (C=O) groups excluding carboxylic acids is 1. The molecule has 0 unspecified atom stereocenters. The van der Waals surface area contributed by atoms with Crippen molar-refractivity contribution in [1.29, 1.82) is 0 Å². The van der Waals surface area contributed by atoms with E-state index in [9.17, 15) is 9.90 Å². The van der Waals surface area contributed by atoms with E-state index in [1.807, 2.05) is 24.3 Å². The predicted octanol–water partition coefficient (Wildman–Crippen LogP) is 2.04. The van der Waals surface area contributed by atoms with E-state index >= 15 is 0 Å². The van der Waals surface area contributed by atoms with Crippen LogP contribution >= 0.6 is 0 Å². The summed E-state index contributed by atoms with van der Waals surface area (Å²) in [5.74, 6) is -0.0608. The van der Waals surface area contributed by atoms with Gasteiger partial charge in [0, 0.05) is 25.7 Å². The third-order valence-electron chi connectivity index (χ3n) is 3.59. The van der Waals surface area contributed by atoms with Crippen molar-refractivity contribution in [2.24, 2.45) is 0 Å². The number of carbonyl (C=O) groups is 1. The first-order valence-electron chi connectivity index (χ1n) is 6.87. The third-order valence-corrected chi connectivity index (χ3v) is 3.59. The van der Waals surface area contributed by atoms with E-state index in [1.54, 1.807) is 0 Å². The number of aliphatic hydroxyl groups is 1. The van der Waals surface area contributed by atoms with Gasteiger partial charge in [0.15, 0.2) is 0 Å². The molecule has 1 aromatic carbocycles. The summed E-state index contributed by atoms with van der Waals surface area (Å²) in [6.45, 7) is 2.89. The number of amides is 1. The normalized spacial score (nSPS) is 17.4. The molecule has 4 nitrogen and oxygen atoms in total. The molecule has 0 bridgehead atoms. The van der Waals surface area contributed by atoms with E-state index in [0.717, 1.165) is 43.5 Å². The zero-order valence-corrected chi connectivity index (χ0v) is 11.4. The van der Waals surface area contributed by atoms with Crippen LogP contribution in [0, 0.1) is 0 Å². The lowest BCUT2D eigenvalue weighted by molar-refractivity contribution is -0.114. The number of nitrogens with one attached hydrogen (secondary N) is 2. The highest BCUT2D eigenvalue weighted by molar-refractivity contribution is 5.88. The number of hydrogen-bond acceptors (Lipinski definition) is 3. The molecule has 0 atom stereocenters. The van der Waals surface area contributed by atoms with Crippen molar-refractivity contribution >= 4 is 11.6 Å². The van der Waals surface area contributed by atoms with Crippen molar-refractivity contribution in [2.75, 3.05) is 11.9 Å². The molecule has 0 radical (unpaired) electrons. The largest absolute Gasteiger partial charge is 0.389 e. The van der Waals surface area contributed by atoms with Crippen LogP contribution in [0.4, 0.5) is 5.69 Å². The molecular formula is C15H22N2O2. The monoisotopic (exact) mass is 262 g/mol. The Kier molecular flexibility index (Phi) is 4.56. The summed E-state index contributed by atoms with van der Waals surface area (Å²) in [6, 6.07) is 7.75. The Labute approximate surface area is 114 Å². The molecule has 1 saturated carbocycles. The fourth-order valence-corrected chi connectivity index (χ4v) is 2.56. The van der Waals surface area contributed by atoms with Crippen molar-refractivity contribution in [2.45, 2.75) is 44.8 Å². The molecule has 0 aliphatic heterocycles. The van der Waals surface area contributed by atoms with Crippen LogP contribution in [-0.4, -0.2) is 23.2 Å². The first-order valence-corrected chi connectivity index (χ1v) is 6.87. The number of rotatable bonds is 5. The highest BCUT2D eigenvalue weighted by Crippen LogP contribution is 2.28. The summed E-state index contributed by atoms with van der Waals surface area (Å²) < 4.78 is 0. The van der Waals surface area contributed by atoms with Gasteiger partial charge in [0.05, 0.1) is 5.60 Å². The van der Waals surface area contributed by atoms with Crippen LogP contribution in [0.15, 0.2) is 24.3 Å². The van der Waals surface area contributed by atoms with Gasteiger partial charge in [-0.25, -0.2) is 0 Å². The molecule has 1 amide bonds. The molecule has 0 heterocycles. The zero-order valence-electron chi connectivity index (χ0n) is 11.4. The molecule has 1 aliphatic carbocycles. The Balaban J connectivity index is 1.78. The molecule has 104 valence electrons. The Morgan fingerprint density at radius 1 is 1.26 bits per heavy atom. The summed E-state index contributed by atoms with van der Waals surface area (Å²) in [5.41, 5.74) is 1.46. The summed E-state index contributed by atoms with van der Waals surface area (Å²) in [4.78, 5) is 10.9. The van der Waals surface area contributed by atoms with Crippen molar-refractivity contribution in [1.82, 2.24) is 5.32 Å². The minimum Gasteiger partial charge on any atom is -0.389 e. The van der Waals surface area contributed by atoms with Gasteiger partial charge in [-0.1, -0.05) is 25.0 Å². The van der Waals surface area contributed by atoms with E-state index in [2.05, 4.69) is 10.6 Å². The molecule has 2 rings (SSSR count). The van der Waals surface area contributed by atoms with Crippen LogP contribution < -0.4 is 10.6 Å². The SMILES string of the molecule is CC(=O)Nc1ccc(CNCC2(O)CCCC2)cc1. The summed E-state index contributed by atoms with van der Waals surface area (Å²) in [7, 11) is 0. The molecule has 1 aromatic rings. The number of benzene rings is 1. The Hall–Kier alpha value is -1.39. The molecule has 0 spiro atoms. The third kappa shape index (κ3) is 4.33. The van der Waals surface area contributed by atoms with E-state index in [0.29, 0.717) is 6.54 Å². The van der Waals surface area contributed by atoms with Crippen molar-refractivity contribution in [3.63, 3.8) is 0 Å². The first kappa shape index (κ1) is 14.0. The smallest absolute Gasteiger partial charge is 0.221 e. The molecule has 19 heavy (non-hydrogen) atoms. The maximum atomic E-state index is 10.9. The summed E-state index contributed by atoms with van der Waals surface area (Å²) in [5, 5.41) is 16.2. The van der Waals surface area contributed by atoms with Gasteiger partial charge in [-0.2, -0.15) is 0 Å². The van der Waals surface area contributed by atoms with Crippen LogP contribution in [0.3, 0.4) is 0 Å². The second-order valence-corrected chi connectivity index (χ2v) is 5.41. The molecule has 4 heteroatoms. The number of hydrogen-bond donors (Lipinski definition) is 3. The lowest BCUT2D eigenvalue weighted by Crippen LogP contribution is -2.37. The van der Waals surface area contributed by atoms with Crippen LogP contribution in [0.1, 0.15) is 38.2 Å². The Morgan fingerprint density at radius 2 is 1.89 bits per heavy atom. The van der Waals surface area contributed by atoms with Gasteiger partial charge in [-0.05, 0) is 30.5 Å². The van der Waals surface area contributed by atoms with Gasteiger partial charge in [-0.3, -0.25) is 4.79 Å². The lowest BCUT2D eigenvalue weighted by Gasteiger charge is -2.22. The topological polar surface area (TPSA) is 61.4 Å². The highest BCUT2D eigenvalue weighted by Gasteiger charge is 2.30. The summed E-state index contributed by atoms with van der Waals surface area (Å²) in [6.07, 6.45) is 4.07. The van der Waals surface area contributed by atoms with Crippen molar-refractivity contribution in [3.05, 3.63) is 29.8 Å². The highest BCUT2D eigenvalue weighted by atomic mass is 16.3. The fraction of sp³-hybridized carbons (Fsp3) is 0.533. The predicted molar refractivity (Wildman–Crippen MR) is 75.9 cm³/mol. The minimum atomic E-state index is -0.504. The fourth-order valence-electron chi connectivity index (χ4n) is 2.56. The van der Waals surface area contributed by atoms with E-state index < -0.39 is 5.60 Å². The molecular weight excluding hydrogens is 240 g/mol. The second-order valence-electron chi connectivity index (χ2n) is 5.41. The van der Waals surface area contributed by atoms with Crippen LogP contribution in [0.25, 0.3) is 0 Å². The average Bonchev–Trinajstić information content (AvgIpc) is 2.78. The molecule has 3 N–H and O–H groups in total. The standard InChI is InChI=1S/C15H22N2O2/c1-12(18)17-14-6-4-13(5-7-14)10-16-11-15(19)8-2-3-9-15/h4-7,16,19H,2-3,8-11H2,1H3,(H,17,18). The first-order chi connectivity index (χ1) is 9.07. The maximum Gasteiger partial charge on any atom is 0.221 e. The van der Waals surface area contributed by atoms with E-state index in [-0.39, 0.29) is 5.91 Å². The van der Waals surface area contributed by atoms with Crippen LogP contribution in [-0.2, 0) is 11.3 Å². The van der Waals surface area contributed by atoms with E-state index in [4.69, 9.17) is 0 Å². The van der Waals surface area contributed by atoms with Crippen molar-refractivity contribution in [3.8, 4) is 0 Å². The Bertz CT molecular complexity index is 422. The van der Waals surface area contributed by atoms with Gasteiger partial charge >= 0.3 is 0 Å². The quantitative estimate of drug-likeness (QED) is 0.761. The van der Waals surface area contributed by atoms with Crippen LogP contribution in [0.5, 0.6) is 0 Å². The van der Waals surface area contributed by atoms with Crippen molar-refractivity contribution < 1.29 is 9.90 Å². The minimum absolute atomic E-state index is 0.0608. The molecule has 0 saturated heterocycles. The maximum absolute atomic E-state index is 10.9. The average molecular weight is 262 g/mol. The van der Waals surface area contributed by atoms with Gasteiger partial charge in [0.1, 0.15) is 0 Å². The Morgan fingerprint density at radius 3 is 2.47 bits per heavy atom. The van der Waals surface area contributed by atoms with Gasteiger partial charge in [0.25, 0.3) is 0 Å². The van der Waals surface area contributed by atoms with Gasteiger partial charge < -0.3 is 15.7 Å². The van der Waals surface area contributed by atoms with Gasteiger partial charge in [-0.15, -0.1) is 0 Å². The van der Waals surface area contributed by atoms with E-state index in [1.165, 1.54) is 6.92 Å². The molecule has 0 aromatic heterocycles. The molecule has 1 aliphatic rings. The zero-order chi connectivity index (χ0) is 13.7. The van der Waals surface area contributed by atoms with Gasteiger partial charge in [0.2, 0.25) is 5.91 Å². The van der Waals surface area contributed by atoms with Crippen LogP contribution in [0.2, 0.25) is 0 Å². The second kappa shape index (κ2) is 6.17. The molecule has 1 fully saturated rings. The summed E-state index contributed by atoms with van der Waals surface area (Å²) >= 11 is 0. The lowest BCUT2D eigenvalue weighted by atomic mass is 10.0. The number of anilines is 1.